The van der Waals surface area contributed by atoms with Gasteiger partial charge in [-0.15, -0.1) is 13.2 Å². The quantitative estimate of drug-likeness (QED) is 0.836. The van der Waals surface area contributed by atoms with Crippen LogP contribution in [-0.4, -0.2) is 37.4 Å². The largest absolute Gasteiger partial charge is 0.573 e. The first kappa shape index (κ1) is 16.5. The molecule has 0 radical (unpaired) electrons. The molecule has 1 saturated heterocycles. The van der Waals surface area contributed by atoms with Crippen molar-refractivity contribution in [2.75, 3.05) is 26.2 Å². The molecule has 2 fully saturated rings. The fourth-order valence-corrected chi connectivity index (χ4v) is 3.11. The summed E-state index contributed by atoms with van der Waals surface area (Å²) in [4.78, 5) is 2.16. The molecule has 1 heterocycles. The number of ether oxygens (including phenoxy) is 1. The SMILES string of the molecule is Fc1ccc(OC(F)(F)F)cc1[C@@H](CC1CC1)N1CCNCC1. The molecule has 23 heavy (non-hydrogen) atoms. The fourth-order valence-electron chi connectivity index (χ4n) is 3.11. The number of benzene rings is 1. The van der Waals surface area contributed by atoms with E-state index in [2.05, 4.69) is 15.0 Å². The van der Waals surface area contributed by atoms with Crippen LogP contribution in [0.5, 0.6) is 5.75 Å². The molecule has 128 valence electrons. The number of hydrogen-bond acceptors (Lipinski definition) is 3. The highest BCUT2D eigenvalue weighted by Crippen LogP contribution is 2.41. The Morgan fingerprint density at radius 1 is 1.22 bits per heavy atom. The summed E-state index contributed by atoms with van der Waals surface area (Å²) in [5.41, 5.74) is 0.306. The Kier molecular flexibility index (Phi) is 4.77. The molecule has 1 atom stereocenters. The Labute approximate surface area is 132 Å². The van der Waals surface area contributed by atoms with E-state index in [9.17, 15) is 17.6 Å². The number of alkyl halides is 3. The maximum atomic E-state index is 14.3. The van der Waals surface area contributed by atoms with Crippen molar-refractivity contribution in [3.8, 4) is 5.75 Å². The van der Waals surface area contributed by atoms with E-state index in [-0.39, 0.29) is 11.8 Å². The summed E-state index contributed by atoms with van der Waals surface area (Å²) in [5.74, 6) is -0.282. The highest BCUT2D eigenvalue weighted by atomic mass is 19.4. The Morgan fingerprint density at radius 3 is 2.52 bits per heavy atom. The summed E-state index contributed by atoms with van der Waals surface area (Å²) in [7, 11) is 0. The third-order valence-corrected chi connectivity index (χ3v) is 4.41. The molecule has 7 heteroatoms. The predicted molar refractivity (Wildman–Crippen MR) is 77.6 cm³/mol. The van der Waals surface area contributed by atoms with E-state index >= 15 is 0 Å². The van der Waals surface area contributed by atoms with Crippen molar-refractivity contribution in [1.82, 2.24) is 10.2 Å². The molecule has 1 aromatic rings. The molecule has 0 aromatic heterocycles. The molecule has 0 amide bonds. The molecule has 0 bridgehead atoms. The van der Waals surface area contributed by atoms with Crippen molar-refractivity contribution >= 4 is 0 Å². The Morgan fingerprint density at radius 2 is 1.91 bits per heavy atom. The van der Waals surface area contributed by atoms with E-state index in [1.807, 2.05) is 0 Å². The number of nitrogens with zero attached hydrogens (tertiary/aromatic N) is 1. The maximum absolute atomic E-state index is 14.3. The zero-order valence-electron chi connectivity index (χ0n) is 12.7. The third-order valence-electron chi connectivity index (χ3n) is 4.41. The van der Waals surface area contributed by atoms with Crippen LogP contribution in [0.2, 0.25) is 0 Å². The lowest BCUT2D eigenvalue weighted by atomic mass is 9.98. The van der Waals surface area contributed by atoms with Gasteiger partial charge >= 0.3 is 6.36 Å². The van der Waals surface area contributed by atoms with Crippen molar-refractivity contribution in [2.45, 2.75) is 31.7 Å². The summed E-state index contributed by atoms with van der Waals surface area (Å²) >= 11 is 0. The van der Waals surface area contributed by atoms with Crippen LogP contribution in [0.3, 0.4) is 0 Å². The minimum absolute atomic E-state index is 0.193. The molecule has 1 aliphatic heterocycles. The van der Waals surface area contributed by atoms with Gasteiger partial charge in [0.05, 0.1) is 0 Å². The summed E-state index contributed by atoms with van der Waals surface area (Å²) in [6, 6.07) is 3.11. The molecule has 3 nitrogen and oxygen atoms in total. The molecular formula is C16H20F4N2O. The van der Waals surface area contributed by atoms with Gasteiger partial charge in [-0.3, -0.25) is 4.90 Å². The number of halogens is 4. The minimum atomic E-state index is -4.77. The lowest BCUT2D eigenvalue weighted by Gasteiger charge is -2.35. The second-order valence-corrected chi connectivity index (χ2v) is 6.21. The normalized spacial score (nSPS) is 21.2. The molecule has 1 aliphatic carbocycles. The van der Waals surface area contributed by atoms with Crippen LogP contribution in [0.4, 0.5) is 17.6 Å². The van der Waals surface area contributed by atoms with Gasteiger partial charge in [0, 0.05) is 37.8 Å². The number of hydrogen-bond donors (Lipinski definition) is 1. The van der Waals surface area contributed by atoms with Crippen LogP contribution < -0.4 is 10.1 Å². The number of nitrogens with one attached hydrogen (secondary N) is 1. The Hall–Kier alpha value is -1.34. The van der Waals surface area contributed by atoms with Gasteiger partial charge in [-0.1, -0.05) is 12.8 Å². The summed E-state index contributed by atoms with van der Waals surface area (Å²) in [6.07, 6.45) is -1.76. The van der Waals surface area contributed by atoms with Gasteiger partial charge in [-0.2, -0.15) is 0 Å². The van der Waals surface area contributed by atoms with Gasteiger partial charge < -0.3 is 10.1 Å². The van der Waals surface area contributed by atoms with Crippen molar-refractivity contribution < 1.29 is 22.3 Å². The van der Waals surface area contributed by atoms with Gasteiger partial charge in [-0.25, -0.2) is 4.39 Å². The van der Waals surface area contributed by atoms with Crippen molar-refractivity contribution in [1.29, 1.82) is 0 Å². The van der Waals surface area contributed by atoms with Crippen LogP contribution in [0, 0.1) is 11.7 Å². The zero-order chi connectivity index (χ0) is 16.4. The summed E-state index contributed by atoms with van der Waals surface area (Å²) < 4.78 is 55.5. The average Bonchev–Trinajstić information content (AvgIpc) is 3.31. The smallest absolute Gasteiger partial charge is 0.406 e. The molecule has 0 unspecified atom stereocenters. The van der Waals surface area contributed by atoms with E-state index in [4.69, 9.17) is 0 Å². The molecule has 0 spiro atoms. The molecular weight excluding hydrogens is 312 g/mol. The van der Waals surface area contributed by atoms with E-state index in [0.29, 0.717) is 11.5 Å². The van der Waals surface area contributed by atoms with Crippen LogP contribution in [0.25, 0.3) is 0 Å². The highest BCUT2D eigenvalue weighted by Gasteiger charge is 2.34. The lowest BCUT2D eigenvalue weighted by Crippen LogP contribution is -2.45. The number of piperazine rings is 1. The summed E-state index contributed by atoms with van der Waals surface area (Å²) in [6.45, 7) is 3.14. The molecule has 3 rings (SSSR count). The monoisotopic (exact) mass is 332 g/mol. The minimum Gasteiger partial charge on any atom is -0.406 e. The van der Waals surface area contributed by atoms with Gasteiger partial charge in [0.1, 0.15) is 11.6 Å². The second kappa shape index (κ2) is 6.65. The lowest BCUT2D eigenvalue weighted by molar-refractivity contribution is -0.274. The average molecular weight is 332 g/mol. The van der Waals surface area contributed by atoms with E-state index in [1.54, 1.807) is 0 Å². The first-order valence-electron chi connectivity index (χ1n) is 7.92. The van der Waals surface area contributed by atoms with Gasteiger partial charge in [0.15, 0.2) is 0 Å². The van der Waals surface area contributed by atoms with Crippen molar-refractivity contribution in [2.24, 2.45) is 5.92 Å². The molecule has 2 aliphatic rings. The van der Waals surface area contributed by atoms with E-state index < -0.39 is 12.2 Å². The van der Waals surface area contributed by atoms with Gasteiger partial charge in [-0.05, 0) is 30.5 Å². The van der Waals surface area contributed by atoms with Crippen LogP contribution in [0.1, 0.15) is 30.9 Å². The first-order chi connectivity index (χ1) is 10.9. The molecule has 1 saturated carbocycles. The topological polar surface area (TPSA) is 24.5 Å². The number of rotatable bonds is 5. The van der Waals surface area contributed by atoms with Crippen LogP contribution in [-0.2, 0) is 0 Å². The standard InChI is InChI=1S/C16H20F4N2O/c17-14-4-3-12(23-16(18,19)20)10-13(14)15(9-11-1-2-11)22-7-5-21-6-8-22/h3-4,10-11,15,21H,1-2,5-9H2/t15-/m1/s1. The third kappa shape index (κ3) is 4.57. The van der Waals surface area contributed by atoms with Crippen LogP contribution >= 0.6 is 0 Å². The van der Waals surface area contributed by atoms with Gasteiger partial charge in [0.25, 0.3) is 0 Å². The summed E-state index contributed by atoms with van der Waals surface area (Å²) in [5, 5.41) is 3.24. The Bertz CT molecular complexity index is 539. The zero-order valence-corrected chi connectivity index (χ0v) is 12.7. The Balaban J connectivity index is 1.85. The van der Waals surface area contributed by atoms with Crippen LogP contribution in [0.15, 0.2) is 18.2 Å². The molecule has 1 N–H and O–H groups in total. The van der Waals surface area contributed by atoms with Crippen molar-refractivity contribution in [3.63, 3.8) is 0 Å². The highest BCUT2D eigenvalue weighted by molar-refractivity contribution is 5.32. The first-order valence-corrected chi connectivity index (χ1v) is 7.92. The maximum Gasteiger partial charge on any atom is 0.573 e. The van der Waals surface area contributed by atoms with E-state index in [1.165, 1.54) is 6.07 Å². The second-order valence-electron chi connectivity index (χ2n) is 6.21. The fraction of sp³-hybridized carbons (Fsp3) is 0.625. The van der Waals surface area contributed by atoms with Gasteiger partial charge in [0.2, 0.25) is 0 Å². The predicted octanol–water partition coefficient (Wildman–Crippen LogP) is 3.47. The molecule has 1 aromatic carbocycles. The van der Waals surface area contributed by atoms with Crippen molar-refractivity contribution in [3.05, 3.63) is 29.6 Å². The van der Waals surface area contributed by atoms with E-state index in [0.717, 1.165) is 57.6 Å².